The second-order valence-electron chi connectivity index (χ2n) is 5.39. The summed E-state index contributed by atoms with van der Waals surface area (Å²) in [6, 6.07) is 0.216. The van der Waals surface area contributed by atoms with Crippen molar-refractivity contribution in [2.45, 2.75) is 58.0 Å². The Hall–Kier alpha value is -0.610. The number of nitrogens with zero attached hydrogens (tertiary/aromatic N) is 2. The van der Waals surface area contributed by atoms with Gasteiger partial charge in [-0.1, -0.05) is 26.7 Å². The average molecular weight is 255 g/mol. The fourth-order valence-corrected chi connectivity index (χ4v) is 2.75. The first-order valence-corrected chi connectivity index (χ1v) is 7.34. The van der Waals surface area contributed by atoms with Crippen molar-refractivity contribution < 1.29 is 4.79 Å². The highest BCUT2D eigenvalue weighted by atomic mass is 16.2. The lowest BCUT2D eigenvalue weighted by Gasteiger charge is -2.29. The maximum absolute atomic E-state index is 12.1. The Kier molecular flexibility index (Phi) is 6.65. The van der Waals surface area contributed by atoms with E-state index in [0.717, 1.165) is 32.4 Å². The van der Waals surface area contributed by atoms with Crippen LogP contribution < -0.4 is 5.73 Å². The molecule has 106 valence electrons. The number of unbranched alkanes of at least 4 members (excludes halogenated alkanes) is 1. The maximum atomic E-state index is 12.1. The van der Waals surface area contributed by atoms with E-state index < -0.39 is 0 Å². The second kappa shape index (κ2) is 7.74. The normalized spacial score (nSPS) is 22.1. The summed E-state index contributed by atoms with van der Waals surface area (Å²) in [5, 5.41) is 0. The maximum Gasteiger partial charge on any atom is 0.239 e. The van der Waals surface area contributed by atoms with Gasteiger partial charge in [0.1, 0.15) is 0 Å². The van der Waals surface area contributed by atoms with E-state index in [-0.39, 0.29) is 11.9 Å². The zero-order chi connectivity index (χ0) is 13.5. The predicted molar refractivity (Wildman–Crippen MR) is 75.4 cm³/mol. The fraction of sp³-hybridized carbons (Fsp3) is 0.929. The van der Waals surface area contributed by atoms with Gasteiger partial charge < -0.3 is 10.6 Å². The molecule has 0 aromatic carbocycles. The molecule has 4 heteroatoms. The summed E-state index contributed by atoms with van der Waals surface area (Å²) in [5.74, 6) is 0.103. The van der Waals surface area contributed by atoms with E-state index in [1.165, 1.54) is 19.4 Å². The van der Waals surface area contributed by atoms with E-state index in [0.29, 0.717) is 6.04 Å². The number of amides is 1. The van der Waals surface area contributed by atoms with Crippen LogP contribution in [-0.2, 0) is 4.79 Å². The van der Waals surface area contributed by atoms with Crippen molar-refractivity contribution in [3.63, 3.8) is 0 Å². The largest absolute Gasteiger partial charge is 0.343 e. The smallest absolute Gasteiger partial charge is 0.239 e. The molecule has 1 fully saturated rings. The molecule has 0 aromatic heterocycles. The molecule has 2 N–H and O–H groups in total. The van der Waals surface area contributed by atoms with Crippen LogP contribution in [0.5, 0.6) is 0 Å². The monoisotopic (exact) mass is 255 g/mol. The van der Waals surface area contributed by atoms with Crippen LogP contribution in [0.25, 0.3) is 0 Å². The second-order valence-corrected chi connectivity index (χ2v) is 5.39. The van der Waals surface area contributed by atoms with Crippen LogP contribution in [0.1, 0.15) is 46.0 Å². The zero-order valence-electron chi connectivity index (χ0n) is 12.2. The molecule has 1 aliphatic heterocycles. The molecule has 0 spiro atoms. The van der Waals surface area contributed by atoms with Gasteiger partial charge in [0.15, 0.2) is 0 Å². The molecular weight excluding hydrogens is 226 g/mol. The third kappa shape index (κ3) is 4.25. The van der Waals surface area contributed by atoms with Crippen LogP contribution in [-0.4, -0.2) is 54.5 Å². The van der Waals surface area contributed by atoms with Gasteiger partial charge in [-0.2, -0.15) is 0 Å². The zero-order valence-corrected chi connectivity index (χ0v) is 12.2. The van der Waals surface area contributed by atoms with Crippen molar-refractivity contribution >= 4 is 5.91 Å². The van der Waals surface area contributed by atoms with Crippen molar-refractivity contribution in [2.24, 2.45) is 5.73 Å². The van der Waals surface area contributed by atoms with Gasteiger partial charge in [-0.15, -0.1) is 0 Å². The first kappa shape index (κ1) is 15.4. The Morgan fingerprint density at radius 1 is 1.50 bits per heavy atom. The Morgan fingerprint density at radius 3 is 2.83 bits per heavy atom. The first-order valence-electron chi connectivity index (χ1n) is 7.34. The van der Waals surface area contributed by atoms with Crippen LogP contribution in [0.15, 0.2) is 0 Å². The molecule has 0 radical (unpaired) electrons. The Bertz CT molecular complexity index is 257. The van der Waals surface area contributed by atoms with E-state index in [1.807, 2.05) is 11.9 Å². The van der Waals surface area contributed by atoms with Gasteiger partial charge >= 0.3 is 0 Å². The quantitative estimate of drug-likeness (QED) is 0.749. The molecule has 0 aliphatic carbocycles. The standard InChI is InChI=1S/C14H29N3O/c1-4-6-9-13(15)14(18)16(3)11-12-8-7-10-17(12)5-2/h12-13H,4-11,15H2,1-3H3/t12?,13-/m0/s1. The lowest BCUT2D eigenvalue weighted by atomic mass is 10.1. The topological polar surface area (TPSA) is 49.6 Å². The van der Waals surface area contributed by atoms with Gasteiger partial charge in [-0.3, -0.25) is 9.69 Å². The molecule has 2 atom stereocenters. The van der Waals surface area contributed by atoms with E-state index >= 15 is 0 Å². The van der Waals surface area contributed by atoms with Crippen LogP contribution in [0, 0.1) is 0 Å². The number of hydrogen-bond donors (Lipinski definition) is 1. The summed E-state index contributed by atoms with van der Waals surface area (Å²) in [6.07, 6.45) is 5.39. The minimum atomic E-state index is -0.313. The van der Waals surface area contributed by atoms with Crippen molar-refractivity contribution in [2.75, 3.05) is 26.7 Å². The molecule has 4 nitrogen and oxygen atoms in total. The van der Waals surface area contributed by atoms with Crippen LogP contribution >= 0.6 is 0 Å². The SMILES string of the molecule is CCCC[C@H](N)C(=O)N(C)CC1CCCN1CC. The summed E-state index contributed by atoms with van der Waals surface area (Å²) in [5.41, 5.74) is 5.94. The van der Waals surface area contributed by atoms with Crippen molar-refractivity contribution in [1.82, 2.24) is 9.80 Å². The number of nitrogens with two attached hydrogens (primary N) is 1. The van der Waals surface area contributed by atoms with Crippen molar-refractivity contribution in [3.05, 3.63) is 0 Å². The van der Waals surface area contributed by atoms with Gasteiger partial charge in [0.25, 0.3) is 0 Å². The number of hydrogen-bond acceptors (Lipinski definition) is 3. The molecule has 1 amide bonds. The molecule has 1 aliphatic rings. The van der Waals surface area contributed by atoms with Crippen molar-refractivity contribution in [3.8, 4) is 0 Å². The number of carbonyl (C=O) groups is 1. The summed E-state index contributed by atoms with van der Waals surface area (Å²) in [7, 11) is 1.89. The lowest BCUT2D eigenvalue weighted by molar-refractivity contribution is -0.132. The highest BCUT2D eigenvalue weighted by Gasteiger charge is 2.26. The summed E-state index contributed by atoms with van der Waals surface area (Å²) in [6.45, 7) is 7.39. The number of likely N-dealkylation sites (N-methyl/N-ethyl adjacent to an activating group) is 2. The van der Waals surface area contributed by atoms with Gasteiger partial charge in [0.05, 0.1) is 6.04 Å². The first-order chi connectivity index (χ1) is 8.60. The van der Waals surface area contributed by atoms with Crippen molar-refractivity contribution in [1.29, 1.82) is 0 Å². The Morgan fingerprint density at radius 2 is 2.22 bits per heavy atom. The summed E-state index contributed by atoms with van der Waals surface area (Å²) < 4.78 is 0. The van der Waals surface area contributed by atoms with E-state index in [2.05, 4.69) is 18.7 Å². The van der Waals surface area contributed by atoms with Gasteiger partial charge in [-0.05, 0) is 32.4 Å². The molecule has 0 bridgehead atoms. The summed E-state index contributed by atoms with van der Waals surface area (Å²) >= 11 is 0. The Labute approximate surface area is 111 Å². The minimum Gasteiger partial charge on any atom is -0.343 e. The molecule has 0 saturated carbocycles. The summed E-state index contributed by atoms with van der Waals surface area (Å²) in [4.78, 5) is 16.4. The minimum absolute atomic E-state index is 0.103. The molecule has 1 rings (SSSR count). The third-order valence-electron chi connectivity index (χ3n) is 3.95. The van der Waals surface area contributed by atoms with E-state index in [4.69, 9.17) is 5.73 Å². The van der Waals surface area contributed by atoms with Crippen LogP contribution in [0.2, 0.25) is 0 Å². The van der Waals surface area contributed by atoms with E-state index in [9.17, 15) is 4.79 Å². The van der Waals surface area contributed by atoms with Crippen LogP contribution in [0.4, 0.5) is 0 Å². The third-order valence-corrected chi connectivity index (χ3v) is 3.95. The van der Waals surface area contributed by atoms with Gasteiger partial charge in [0.2, 0.25) is 5.91 Å². The fourth-order valence-electron chi connectivity index (χ4n) is 2.75. The number of rotatable bonds is 7. The average Bonchev–Trinajstić information content (AvgIpc) is 2.81. The highest BCUT2D eigenvalue weighted by molar-refractivity contribution is 5.81. The predicted octanol–water partition coefficient (Wildman–Crippen LogP) is 1.45. The van der Waals surface area contributed by atoms with Gasteiger partial charge in [-0.25, -0.2) is 0 Å². The van der Waals surface area contributed by atoms with Gasteiger partial charge in [0, 0.05) is 19.6 Å². The Balaban J connectivity index is 2.39. The van der Waals surface area contributed by atoms with E-state index in [1.54, 1.807) is 0 Å². The molecule has 1 heterocycles. The lowest BCUT2D eigenvalue weighted by Crippen LogP contribution is -2.47. The highest BCUT2D eigenvalue weighted by Crippen LogP contribution is 2.17. The number of carbonyl (C=O) groups excluding carboxylic acids is 1. The molecule has 1 saturated heterocycles. The molecular formula is C14H29N3O. The molecule has 18 heavy (non-hydrogen) atoms. The number of likely N-dealkylation sites (tertiary alicyclic amines) is 1. The molecule has 0 aromatic rings. The molecule has 1 unspecified atom stereocenters. The van der Waals surface area contributed by atoms with Crippen LogP contribution in [0.3, 0.4) is 0 Å².